The van der Waals surface area contributed by atoms with Gasteiger partial charge in [-0.2, -0.15) is 4.98 Å². The van der Waals surface area contributed by atoms with E-state index < -0.39 is 10.0 Å². The van der Waals surface area contributed by atoms with Gasteiger partial charge in [-0.15, -0.1) is 5.10 Å². The first-order chi connectivity index (χ1) is 8.62. The highest BCUT2D eigenvalue weighted by molar-refractivity contribution is 7.99. The molecule has 0 amide bonds. The number of benzene rings is 1. The number of rotatable bonds is 5. The molecule has 8 heteroatoms. The van der Waals surface area contributed by atoms with Gasteiger partial charge in [-0.3, -0.25) is 0 Å². The third-order valence-corrected chi connectivity index (χ3v) is 4.11. The summed E-state index contributed by atoms with van der Waals surface area (Å²) in [5, 5.41) is 6.94. The van der Waals surface area contributed by atoms with Gasteiger partial charge in [0.1, 0.15) is 0 Å². The molecule has 0 unspecified atom stereocenters. The topological polar surface area (TPSA) is 87.7 Å². The molecular formula is C10H12N4O2S2. The summed E-state index contributed by atoms with van der Waals surface area (Å²) in [7, 11) is -3.61. The van der Waals surface area contributed by atoms with Crippen LogP contribution in [0.25, 0.3) is 0 Å². The van der Waals surface area contributed by atoms with Gasteiger partial charge in [-0.25, -0.2) is 18.2 Å². The molecule has 0 saturated carbocycles. The smallest absolute Gasteiger partial charge is 0.248 e. The average Bonchev–Trinajstić information content (AvgIpc) is 2.77. The summed E-state index contributed by atoms with van der Waals surface area (Å²) in [4.78, 5) is 4.20. The van der Waals surface area contributed by atoms with Crippen molar-refractivity contribution < 1.29 is 8.42 Å². The van der Waals surface area contributed by atoms with Crippen LogP contribution < -0.4 is 4.72 Å². The van der Waals surface area contributed by atoms with Gasteiger partial charge in [0, 0.05) is 0 Å². The summed E-state index contributed by atoms with van der Waals surface area (Å²) in [6, 6.07) is 8.10. The lowest BCUT2D eigenvalue weighted by Gasteiger charge is -2.03. The van der Waals surface area contributed by atoms with Crippen LogP contribution >= 0.6 is 11.8 Å². The number of aromatic amines is 1. The monoisotopic (exact) mass is 284 g/mol. The van der Waals surface area contributed by atoms with Crippen LogP contribution in [0, 0.1) is 0 Å². The summed E-state index contributed by atoms with van der Waals surface area (Å²) in [5.41, 5.74) is 0. The molecule has 18 heavy (non-hydrogen) atoms. The van der Waals surface area contributed by atoms with E-state index in [1.807, 2.05) is 6.92 Å². The molecule has 1 aromatic carbocycles. The Morgan fingerprint density at radius 3 is 2.72 bits per heavy atom. The summed E-state index contributed by atoms with van der Waals surface area (Å²) in [5.74, 6) is 0.942. The Kier molecular flexibility index (Phi) is 3.87. The number of H-pyrrole nitrogens is 1. The predicted molar refractivity (Wildman–Crippen MR) is 70.0 cm³/mol. The maximum absolute atomic E-state index is 12.0. The summed E-state index contributed by atoms with van der Waals surface area (Å²) < 4.78 is 26.3. The fraction of sp³-hybridized carbons (Fsp3) is 0.200. The Bertz CT molecular complexity index is 610. The Morgan fingerprint density at radius 1 is 1.33 bits per heavy atom. The van der Waals surface area contributed by atoms with E-state index in [1.165, 1.54) is 23.9 Å². The molecule has 0 aliphatic heterocycles. The highest BCUT2D eigenvalue weighted by Crippen LogP contribution is 2.16. The van der Waals surface area contributed by atoms with Crippen molar-refractivity contribution in [3.05, 3.63) is 30.3 Å². The van der Waals surface area contributed by atoms with Gasteiger partial charge in [0.25, 0.3) is 10.0 Å². The molecule has 2 N–H and O–H groups in total. The Labute approximate surface area is 109 Å². The van der Waals surface area contributed by atoms with E-state index in [0.29, 0.717) is 5.16 Å². The fourth-order valence-electron chi connectivity index (χ4n) is 1.27. The minimum atomic E-state index is -3.61. The lowest BCUT2D eigenvalue weighted by molar-refractivity contribution is 0.601. The van der Waals surface area contributed by atoms with Crippen molar-refractivity contribution in [3.8, 4) is 0 Å². The molecule has 96 valence electrons. The zero-order chi connectivity index (χ0) is 13.0. The molecule has 1 heterocycles. The van der Waals surface area contributed by atoms with Crippen LogP contribution in [0.1, 0.15) is 6.92 Å². The molecule has 0 bridgehead atoms. The molecule has 1 aromatic heterocycles. The van der Waals surface area contributed by atoms with Gasteiger partial charge in [-0.1, -0.05) is 36.9 Å². The van der Waals surface area contributed by atoms with Crippen LogP contribution in [0.4, 0.5) is 5.95 Å². The number of hydrogen-bond acceptors (Lipinski definition) is 5. The lowest BCUT2D eigenvalue weighted by Crippen LogP contribution is -2.13. The molecule has 0 spiro atoms. The SMILES string of the molecule is CCSc1n[nH]c(NS(=O)(=O)c2ccccc2)n1. The quantitative estimate of drug-likeness (QED) is 0.816. The van der Waals surface area contributed by atoms with Crippen LogP contribution in [0.2, 0.25) is 0 Å². The van der Waals surface area contributed by atoms with Crippen molar-refractivity contribution in [1.82, 2.24) is 15.2 Å². The van der Waals surface area contributed by atoms with Gasteiger partial charge < -0.3 is 0 Å². The minimum absolute atomic E-state index is 0.120. The first kappa shape index (κ1) is 12.9. The second-order valence-corrected chi connectivity index (χ2v) is 6.23. The second-order valence-electron chi connectivity index (χ2n) is 3.32. The van der Waals surface area contributed by atoms with E-state index in [1.54, 1.807) is 18.2 Å². The second kappa shape index (κ2) is 5.40. The van der Waals surface area contributed by atoms with Crippen molar-refractivity contribution in [2.45, 2.75) is 17.0 Å². The minimum Gasteiger partial charge on any atom is -0.248 e. The highest BCUT2D eigenvalue weighted by Gasteiger charge is 2.15. The van der Waals surface area contributed by atoms with E-state index in [0.717, 1.165) is 5.75 Å². The van der Waals surface area contributed by atoms with Gasteiger partial charge in [-0.05, 0) is 17.9 Å². The van der Waals surface area contributed by atoms with Gasteiger partial charge in [0.2, 0.25) is 11.1 Å². The van der Waals surface area contributed by atoms with Crippen LogP contribution in [0.3, 0.4) is 0 Å². The number of sulfonamides is 1. The Balaban J connectivity index is 2.17. The number of hydrogen-bond donors (Lipinski definition) is 2. The molecule has 0 saturated heterocycles. The van der Waals surface area contributed by atoms with Gasteiger partial charge >= 0.3 is 0 Å². The molecule has 0 radical (unpaired) electrons. The summed E-state index contributed by atoms with van der Waals surface area (Å²) in [6.07, 6.45) is 0. The first-order valence-corrected chi connectivity index (χ1v) is 7.72. The zero-order valence-electron chi connectivity index (χ0n) is 9.62. The fourth-order valence-corrected chi connectivity index (χ4v) is 2.77. The van der Waals surface area contributed by atoms with E-state index in [2.05, 4.69) is 19.9 Å². The summed E-state index contributed by atoms with van der Waals surface area (Å²) >= 11 is 1.43. The molecule has 0 aliphatic rings. The molecule has 0 atom stereocenters. The van der Waals surface area contributed by atoms with Crippen molar-refractivity contribution in [3.63, 3.8) is 0 Å². The van der Waals surface area contributed by atoms with E-state index in [-0.39, 0.29) is 10.8 Å². The third kappa shape index (κ3) is 3.02. The normalized spacial score (nSPS) is 11.4. The molecule has 2 aromatic rings. The predicted octanol–water partition coefficient (Wildman–Crippen LogP) is 1.72. The number of nitrogens with one attached hydrogen (secondary N) is 2. The number of aromatic nitrogens is 3. The van der Waals surface area contributed by atoms with Gasteiger partial charge in [0.15, 0.2) is 0 Å². The van der Waals surface area contributed by atoms with Crippen molar-refractivity contribution in [1.29, 1.82) is 0 Å². The molecular weight excluding hydrogens is 272 g/mol. The Hall–Kier alpha value is -1.54. The van der Waals surface area contributed by atoms with Crippen molar-refractivity contribution in [2.24, 2.45) is 0 Å². The van der Waals surface area contributed by atoms with Crippen LogP contribution in [-0.2, 0) is 10.0 Å². The number of nitrogens with zero attached hydrogens (tertiary/aromatic N) is 2. The van der Waals surface area contributed by atoms with Crippen molar-refractivity contribution >= 4 is 27.7 Å². The maximum Gasteiger partial charge on any atom is 0.264 e. The molecule has 6 nitrogen and oxygen atoms in total. The summed E-state index contributed by atoms with van der Waals surface area (Å²) in [6.45, 7) is 1.97. The first-order valence-electron chi connectivity index (χ1n) is 5.25. The van der Waals surface area contributed by atoms with E-state index in [4.69, 9.17) is 0 Å². The van der Waals surface area contributed by atoms with E-state index in [9.17, 15) is 8.42 Å². The maximum atomic E-state index is 12.0. The Morgan fingerprint density at radius 2 is 2.06 bits per heavy atom. The zero-order valence-corrected chi connectivity index (χ0v) is 11.3. The standard InChI is InChI=1S/C10H12N4O2S2/c1-2-17-10-11-9(12-13-10)14-18(15,16)8-6-4-3-5-7-8/h3-7H,2H2,1H3,(H2,11,12,13,14). The third-order valence-electron chi connectivity index (χ3n) is 2.02. The van der Waals surface area contributed by atoms with Crippen LogP contribution in [0.5, 0.6) is 0 Å². The molecule has 2 rings (SSSR count). The molecule has 0 aliphatic carbocycles. The number of thioether (sulfide) groups is 1. The van der Waals surface area contributed by atoms with Crippen molar-refractivity contribution in [2.75, 3.05) is 10.5 Å². The highest BCUT2D eigenvalue weighted by atomic mass is 32.2. The van der Waals surface area contributed by atoms with E-state index >= 15 is 0 Å². The average molecular weight is 284 g/mol. The van der Waals surface area contributed by atoms with Crippen LogP contribution in [-0.4, -0.2) is 29.4 Å². The van der Waals surface area contributed by atoms with Crippen LogP contribution in [0.15, 0.2) is 40.4 Å². The lowest BCUT2D eigenvalue weighted by atomic mass is 10.4. The number of anilines is 1. The molecule has 0 fully saturated rings. The van der Waals surface area contributed by atoms with Gasteiger partial charge in [0.05, 0.1) is 4.90 Å². The largest absolute Gasteiger partial charge is 0.264 e.